The molecule has 250 valence electrons. The van der Waals surface area contributed by atoms with Crippen LogP contribution in [-0.4, -0.2) is 87.5 Å². The van der Waals surface area contributed by atoms with Crippen molar-refractivity contribution in [2.24, 2.45) is 0 Å². The van der Waals surface area contributed by atoms with Crippen molar-refractivity contribution < 1.29 is 39.8 Å². The molecule has 1 amide bonds. The topological polar surface area (TPSA) is 149 Å². The third-order valence-electron chi connectivity index (χ3n) is 7.76. The Morgan fingerprint density at radius 1 is 0.767 bits per heavy atom. The SMILES string of the molecule is CCCCCCCCCCCC/C=C/CC/C=C/CC/C=C/C(O)C(COC1OC(CO)C(O)C(O)C1O)NC(=O)CC. The third kappa shape index (κ3) is 18.1. The highest BCUT2D eigenvalue weighted by molar-refractivity contribution is 5.75. The normalized spacial score (nSPS) is 24.3. The van der Waals surface area contributed by atoms with E-state index in [9.17, 15) is 30.3 Å². The molecule has 0 aromatic carbocycles. The minimum absolute atomic E-state index is 0.215. The third-order valence-corrected chi connectivity index (χ3v) is 7.76. The number of hydrogen-bond donors (Lipinski definition) is 6. The maximum atomic E-state index is 12.0. The van der Waals surface area contributed by atoms with Crippen molar-refractivity contribution >= 4 is 5.91 Å². The number of hydrogen-bond acceptors (Lipinski definition) is 8. The van der Waals surface area contributed by atoms with Gasteiger partial charge in [0.1, 0.15) is 24.4 Å². The highest BCUT2D eigenvalue weighted by Gasteiger charge is 2.44. The summed E-state index contributed by atoms with van der Waals surface area (Å²) in [4.78, 5) is 12.0. The molecular weight excluding hydrogens is 550 g/mol. The van der Waals surface area contributed by atoms with Gasteiger partial charge in [0.25, 0.3) is 0 Å². The van der Waals surface area contributed by atoms with Crippen LogP contribution in [0.2, 0.25) is 0 Å². The van der Waals surface area contributed by atoms with Crippen LogP contribution >= 0.6 is 0 Å². The van der Waals surface area contributed by atoms with Gasteiger partial charge in [-0.05, 0) is 38.5 Å². The lowest BCUT2D eigenvalue weighted by atomic mass is 9.99. The van der Waals surface area contributed by atoms with Crippen molar-refractivity contribution in [3.63, 3.8) is 0 Å². The first-order valence-electron chi connectivity index (χ1n) is 16.7. The minimum Gasteiger partial charge on any atom is -0.394 e. The van der Waals surface area contributed by atoms with Crippen molar-refractivity contribution in [3.8, 4) is 0 Å². The molecule has 1 rings (SSSR count). The van der Waals surface area contributed by atoms with Gasteiger partial charge in [-0.1, -0.05) is 108 Å². The molecule has 7 unspecified atom stereocenters. The molecule has 7 atom stereocenters. The van der Waals surface area contributed by atoms with Crippen LogP contribution in [0.5, 0.6) is 0 Å². The number of unbranched alkanes of at least 4 members (excludes halogenated alkanes) is 12. The molecule has 43 heavy (non-hydrogen) atoms. The molecule has 1 saturated heterocycles. The molecule has 0 aliphatic carbocycles. The largest absolute Gasteiger partial charge is 0.394 e. The van der Waals surface area contributed by atoms with Gasteiger partial charge in [-0.3, -0.25) is 4.79 Å². The Hall–Kier alpha value is -1.59. The summed E-state index contributed by atoms with van der Waals surface area (Å²) in [6.07, 6.45) is 22.8. The van der Waals surface area contributed by atoms with Crippen LogP contribution in [0, 0.1) is 0 Å². The second-order valence-corrected chi connectivity index (χ2v) is 11.5. The lowest BCUT2D eigenvalue weighted by molar-refractivity contribution is -0.302. The van der Waals surface area contributed by atoms with Gasteiger partial charge in [-0.15, -0.1) is 0 Å². The monoisotopic (exact) mass is 611 g/mol. The summed E-state index contributed by atoms with van der Waals surface area (Å²) in [5.41, 5.74) is 0. The van der Waals surface area contributed by atoms with E-state index < -0.39 is 49.5 Å². The van der Waals surface area contributed by atoms with Crippen molar-refractivity contribution in [1.29, 1.82) is 0 Å². The van der Waals surface area contributed by atoms with E-state index in [0.717, 1.165) is 25.7 Å². The maximum absolute atomic E-state index is 12.0. The van der Waals surface area contributed by atoms with Gasteiger partial charge in [0.05, 0.1) is 25.4 Å². The number of aliphatic hydroxyl groups excluding tert-OH is 5. The maximum Gasteiger partial charge on any atom is 0.220 e. The Morgan fingerprint density at radius 2 is 1.30 bits per heavy atom. The first kappa shape index (κ1) is 39.4. The summed E-state index contributed by atoms with van der Waals surface area (Å²) >= 11 is 0. The van der Waals surface area contributed by atoms with E-state index >= 15 is 0 Å². The fourth-order valence-corrected chi connectivity index (χ4v) is 4.91. The first-order valence-corrected chi connectivity index (χ1v) is 16.7. The lowest BCUT2D eigenvalue weighted by Crippen LogP contribution is -2.60. The number of rotatable bonds is 25. The number of carbonyl (C=O) groups excluding carboxylic acids is 1. The quantitative estimate of drug-likeness (QED) is 0.0648. The van der Waals surface area contributed by atoms with Gasteiger partial charge in [0, 0.05) is 6.42 Å². The fraction of sp³-hybridized carbons (Fsp3) is 0.794. The number of ether oxygens (including phenoxy) is 2. The molecule has 0 aromatic rings. The Bertz CT molecular complexity index is 771. The molecule has 0 aromatic heterocycles. The average Bonchev–Trinajstić information content (AvgIpc) is 3.01. The van der Waals surface area contributed by atoms with Crippen LogP contribution in [0.15, 0.2) is 36.5 Å². The summed E-state index contributed by atoms with van der Waals surface area (Å²) in [5, 5.41) is 52.7. The van der Waals surface area contributed by atoms with Gasteiger partial charge < -0.3 is 40.3 Å². The number of aliphatic hydroxyl groups is 5. The van der Waals surface area contributed by atoms with Gasteiger partial charge >= 0.3 is 0 Å². The molecule has 0 saturated carbocycles. The summed E-state index contributed by atoms with van der Waals surface area (Å²) in [6.45, 7) is 3.16. The smallest absolute Gasteiger partial charge is 0.220 e. The van der Waals surface area contributed by atoms with E-state index in [4.69, 9.17) is 9.47 Å². The summed E-state index contributed by atoms with van der Waals surface area (Å²) in [5.74, 6) is -0.282. The molecule has 9 nitrogen and oxygen atoms in total. The van der Waals surface area contributed by atoms with E-state index in [-0.39, 0.29) is 18.9 Å². The van der Waals surface area contributed by atoms with Crippen molar-refractivity contribution in [3.05, 3.63) is 36.5 Å². The Kier molecular flexibility index (Phi) is 23.6. The number of carbonyl (C=O) groups is 1. The number of allylic oxidation sites excluding steroid dienone is 5. The molecule has 0 bridgehead atoms. The molecule has 1 heterocycles. The van der Waals surface area contributed by atoms with E-state index in [1.165, 1.54) is 70.6 Å². The van der Waals surface area contributed by atoms with Crippen LogP contribution in [-0.2, 0) is 14.3 Å². The molecular formula is C34H61NO8. The van der Waals surface area contributed by atoms with E-state index in [1.54, 1.807) is 13.0 Å². The second-order valence-electron chi connectivity index (χ2n) is 11.5. The van der Waals surface area contributed by atoms with Gasteiger partial charge in [0.2, 0.25) is 5.91 Å². The van der Waals surface area contributed by atoms with E-state index in [1.807, 2.05) is 6.08 Å². The highest BCUT2D eigenvalue weighted by Crippen LogP contribution is 2.22. The highest BCUT2D eigenvalue weighted by atomic mass is 16.7. The zero-order valence-corrected chi connectivity index (χ0v) is 26.7. The summed E-state index contributed by atoms with van der Waals surface area (Å²) in [7, 11) is 0. The second kappa shape index (κ2) is 25.7. The zero-order chi connectivity index (χ0) is 31.7. The van der Waals surface area contributed by atoms with Crippen LogP contribution in [0.4, 0.5) is 0 Å². The van der Waals surface area contributed by atoms with Crippen LogP contribution in [0.25, 0.3) is 0 Å². The minimum atomic E-state index is -1.57. The van der Waals surface area contributed by atoms with E-state index in [2.05, 4.69) is 36.5 Å². The summed E-state index contributed by atoms with van der Waals surface area (Å²) in [6, 6.07) is -0.821. The van der Waals surface area contributed by atoms with Gasteiger partial charge in [-0.25, -0.2) is 0 Å². The molecule has 1 aliphatic rings. The Labute approximate surface area is 260 Å². The van der Waals surface area contributed by atoms with Crippen LogP contribution < -0.4 is 5.32 Å². The van der Waals surface area contributed by atoms with Crippen LogP contribution in [0.3, 0.4) is 0 Å². The number of amides is 1. The number of nitrogens with one attached hydrogen (secondary N) is 1. The van der Waals surface area contributed by atoms with Crippen LogP contribution in [0.1, 0.15) is 117 Å². The van der Waals surface area contributed by atoms with Gasteiger partial charge in [0.15, 0.2) is 6.29 Å². The standard InChI is InChI=1S/C34H61NO8/c1-3-5-6-7-8-9-10-11-12-13-14-15-16-17-18-19-20-21-22-23-24-28(37)27(35-30(38)4-2)26-42-34-33(41)32(40)31(39)29(25-36)43-34/h15-16,19-20,23-24,27-29,31-34,36-37,39-41H,3-14,17-18,21-22,25-26H2,1-2H3,(H,35,38)/b16-15+,20-19+,24-23+. The molecule has 0 radical (unpaired) electrons. The molecule has 0 spiro atoms. The van der Waals surface area contributed by atoms with E-state index in [0.29, 0.717) is 0 Å². The molecule has 9 heteroatoms. The van der Waals surface area contributed by atoms with Crippen molar-refractivity contribution in [2.75, 3.05) is 13.2 Å². The lowest BCUT2D eigenvalue weighted by Gasteiger charge is -2.40. The predicted octanol–water partition coefficient (Wildman–Crippen LogP) is 4.60. The predicted molar refractivity (Wildman–Crippen MR) is 170 cm³/mol. The van der Waals surface area contributed by atoms with Gasteiger partial charge in [-0.2, -0.15) is 0 Å². The molecule has 6 N–H and O–H groups in total. The fourth-order valence-electron chi connectivity index (χ4n) is 4.91. The average molecular weight is 612 g/mol. The van der Waals surface area contributed by atoms with Crippen molar-refractivity contribution in [2.45, 2.75) is 159 Å². The van der Waals surface area contributed by atoms with Crippen molar-refractivity contribution in [1.82, 2.24) is 5.32 Å². The summed E-state index contributed by atoms with van der Waals surface area (Å²) < 4.78 is 10.9. The Balaban J connectivity index is 2.24. The Morgan fingerprint density at radius 3 is 1.86 bits per heavy atom. The first-order chi connectivity index (χ1) is 20.8. The molecule has 1 aliphatic heterocycles. The molecule has 1 fully saturated rings. The zero-order valence-electron chi connectivity index (χ0n) is 26.7.